The molecule has 0 aliphatic carbocycles. The van der Waals surface area contributed by atoms with Crippen LogP contribution in [0.3, 0.4) is 0 Å². The number of rotatable bonds is 3. The van der Waals surface area contributed by atoms with Crippen molar-refractivity contribution in [2.75, 3.05) is 6.54 Å². The first-order valence-electron chi connectivity index (χ1n) is 4.04. The molecule has 0 aliphatic rings. The Balaban J connectivity index is 2.68. The highest BCUT2D eigenvalue weighted by molar-refractivity contribution is 5.49. The van der Waals surface area contributed by atoms with E-state index in [1.165, 1.54) is 18.2 Å². The van der Waals surface area contributed by atoms with E-state index in [9.17, 15) is 4.39 Å². The van der Waals surface area contributed by atoms with Crippen molar-refractivity contribution >= 4 is 6.08 Å². The molecule has 0 saturated heterocycles. The molecule has 70 valence electrons. The van der Waals surface area contributed by atoms with Crippen LogP contribution in [0.4, 0.5) is 4.39 Å². The summed E-state index contributed by atoms with van der Waals surface area (Å²) in [5, 5.41) is 9.08. The summed E-state index contributed by atoms with van der Waals surface area (Å²) in [7, 11) is 0. The van der Waals surface area contributed by atoms with Crippen LogP contribution in [-0.2, 0) is 0 Å². The number of aliphatic hydroxyl groups excluding tert-OH is 1. The summed E-state index contributed by atoms with van der Waals surface area (Å²) >= 11 is 0. The van der Waals surface area contributed by atoms with Gasteiger partial charge in [-0.1, -0.05) is 24.3 Å². The molecule has 0 aliphatic heterocycles. The first-order chi connectivity index (χ1) is 6.22. The van der Waals surface area contributed by atoms with Crippen molar-refractivity contribution < 1.29 is 9.50 Å². The van der Waals surface area contributed by atoms with Crippen molar-refractivity contribution in [1.29, 1.82) is 0 Å². The van der Waals surface area contributed by atoms with E-state index in [1.54, 1.807) is 18.2 Å². The lowest BCUT2D eigenvalue weighted by atomic mass is 10.2. The van der Waals surface area contributed by atoms with Gasteiger partial charge in [0.1, 0.15) is 5.82 Å². The van der Waals surface area contributed by atoms with E-state index in [-0.39, 0.29) is 12.4 Å². The Bertz CT molecular complexity index is 299. The Hall–Kier alpha value is -1.19. The Labute approximate surface area is 76.5 Å². The minimum atomic E-state index is -0.664. The fourth-order valence-electron chi connectivity index (χ4n) is 0.911. The Morgan fingerprint density at radius 2 is 2.31 bits per heavy atom. The van der Waals surface area contributed by atoms with Crippen LogP contribution in [0.1, 0.15) is 5.56 Å². The molecular formula is C10H12FNO. The second-order valence-electron chi connectivity index (χ2n) is 2.72. The predicted octanol–water partition coefficient (Wildman–Crippen LogP) is 1.16. The largest absolute Gasteiger partial charge is 0.388 e. The molecular weight excluding hydrogens is 169 g/mol. The molecule has 0 radical (unpaired) electrons. The summed E-state index contributed by atoms with van der Waals surface area (Å²) in [6.07, 6.45) is 2.51. The Morgan fingerprint density at radius 3 is 2.92 bits per heavy atom. The van der Waals surface area contributed by atoms with Crippen molar-refractivity contribution in [3.8, 4) is 0 Å². The molecule has 0 heterocycles. The van der Waals surface area contributed by atoms with E-state index < -0.39 is 6.10 Å². The van der Waals surface area contributed by atoms with Crippen molar-refractivity contribution in [3.63, 3.8) is 0 Å². The third kappa shape index (κ3) is 3.36. The predicted molar refractivity (Wildman–Crippen MR) is 50.5 cm³/mol. The second kappa shape index (κ2) is 4.74. The molecule has 1 aromatic rings. The van der Waals surface area contributed by atoms with Crippen LogP contribution in [-0.4, -0.2) is 17.8 Å². The molecule has 1 atom stereocenters. The average Bonchev–Trinajstić information content (AvgIpc) is 2.14. The van der Waals surface area contributed by atoms with Crippen LogP contribution < -0.4 is 5.73 Å². The molecule has 3 N–H and O–H groups in total. The van der Waals surface area contributed by atoms with E-state index in [2.05, 4.69) is 0 Å². The fourth-order valence-corrected chi connectivity index (χ4v) is 0.911. The zero-order chi connectivity index (χ0) is 9.68. The Kier molecular flexibility index (Phi) is 3.61. The second-order valence-corrected chi connectivity index (χ2v) is 2.72. The molecule has 3 heteroatoms. The van der Waals surface area contributed by atoms with Gasteiger partial charge in [0.05, 0.1) is 6.10 Å². The van der Waals surface area contributed by atoms with E-state index >= 15 is 0 Å². The van der Waals surface area contributed by atoms with Crippen molar-refractivity contribution in [1.82, 2.24) is 0 Å². The normalized spacial score (nSPS) is 13.5. The highest BCUT2D eigenvalue weighted by atomic mass is 19.1. The maximum absolute atomic E-state index is 12.7. The summed E-state index contributed by atoms with van der Waals surface area (Å²) < 4.78 is 12.7. The number of halogens is 1. The van der Waals surface area contributed by atoms with Crippen molar-refractivity contribution in [3.05, 3.63) is 41.7 Å². The van der Waals surface area contributed by atoms with Gasteiger partial charge in [-0.3, -0.25) is 0 Å². The SMILES string of the molecule is NCC(O)/C=C/c1cccc(F)c1. The highest BCUT2D eigenvalue weighted by Gasteiger charge is 1.94. The molecule has 1 rings (SSSR count). The molecule has 0 saturated carbocycles. The van der Waals surface area contributed by atoms with Gasteiger partial charge in [0.25, 0.3) is 0 Å². The summed E-state index contributed by atoms with van der Waals surface area (Å²) in [6.45, 7) is 0.172. The highest BCUT2D eigenvalue weighted by Crippen LogP contribution is 2.05. The summed E-state index contributed by atoms with van der Waals surface area (Å²) in [4.78, 5) is 0. The lowest BCUT2D eigenvalue weighted by Gasteiger charge is -1.99. The molecule has 1 unspecified atom stereocenters. The summed E-state index contributed by atoms with van der Waals surface area (Å²) in [6, 6.07) is 6.13. The molecule has 0 spiro atoms. The number of hydrogen-bond acceptors (Lipinski definition) is 2. The average molecular weight is 181 g/mol. The van der Waals surface area contributed by atoms with Gasteiger partial charge >= 0.3 is 0 Å². The number of benzene rings is 1. The lowest BCUT2D eigenvalue weighted by molar-refractivity contribution is 0.232. The number of hydrogen-bond donors (Lipinski definition) is 2. The molecule has 13 heavy (non-hydrogen) atoms. The molecule has 0 bridgehead atoms. The molecule has 0 amide bonds. The first kappa shape index (κ1) is 9.89. The van der Waals surface area contributed by atoms with Crippen LogP contribution in [0.25, 0.3) is 6.08 Å². The molecule has 0 fully saturated rings. The minimum Gasteiger partial charge on any atom is -0.388 e. The van der Waals surface area contributed by atoms with E-state index in [1.807, 2.05) is 0 Å². The van der Waals surface area contributed by atoms with Crippen LogP contribution in [0, 0.1) is 5.82 Å². The van der Waals surface area contributed by atoms with Gasteiger partial charge in [-0.2, -0.15) is 0 Å². The van der Waals surface area contributed by atoms with Gasteiger partial charge in [0.15, 0.2) is 0 Å². The third-order valence-electron chi connectivity index (χ3n) is 1.60. The van der Waals surface area contributed by atoms with E-state index in [0.717, 1.165) is 0 Å². The van der Waals surface area contributed by atoms with Crippen LogP contribution in [0.15, 0.2) is 30.3 Å². The van der Waals surface area contributed by atoms with Crippen LogP contribution in [0.2, 0.25) is 0 Å². The molecule has 2 nitrogen and oxygen atoms in total. The maximum atomic E-state index is 12.7. The van der Waals surface area contributed by atoms with Gasteiger partial charge in [-0.25, -0.2) is 4.39 Å². The zero-order valence-electron chi connectivity index (χ0n) is 7.15. The molecule has 1 aromatic carbocycles. The van der Waals surface area contributed by atoms with Crippen LogP contribution in [0.5, 0.6) is 0 Å². The lowest BCUT2D eigenvalue weighted by Crippen LogP contribution is -2.16. The maximum Gasteiger partial charge on any atom is 0.123 e. The summed E-state index contributed by atoms with van der Waals surface area (Å²) in [5.74, 6) is -0.288. The number of aliphatic hydroxyl groups is 1. The zero-order valence-corrected chi connectivity index (χ0v) is 7.15. The topological polar surface area (TPSA) is 46.2 Å². The first-order valence-corrected chi connectivity index (χ1v) is 4.04. The number of nitrogens with two attached hydrogens (primary N) is 1. The van der Waals surface area contributed by atoms with Gasteiger partial charge in [0.2, 0.25) is 0 Å². The summed E-state index contributed by atoms with van der Waals surface area (Å²) in [5.41, 5.74) is 5.91. The minimum absolute atomic E-state index is 0.172. The fraction of sp³-hybridized carbons (Fsp3) is 0.200. The Morgan fingerprint density at radius 1 is 1.54 bits per heavy atom. The monoisotopic (exact) mass is 181 g/mol. The van der Waals surface area contributed by atoms with Crippen LogP contribution >= 0.6 is 0 Å². The quantitative estimate of drug-likeness (QED) is 0.735. The standard InChI is InChI=1S/C10H12FNO/c11-9-3-1-2-8(6-9)4-5-10(13)7-12/h1-6,10,13H,7,12H2/b5-4+. The van der Waals surface area contributed by atoms with Gasteiger partial charge < -0.3 is 10.8 Å². The van der Waals surface area contributed by atoms with Crippen molar-refractivity contribution in [2.45, 2.75) is 6.10 Å². The third-order valence-corrected chi connectivity index (χ3v) is 1.60. The van der Waals surface area contributed by atoms with Gasteiger partial charge in [-0.15, -0.1) is 0 Å². The van der Waals surface area contributed by atoms with Crippen molar-refractivity contribution in [2.24, 2.45) is 5.73 Å². The van der Waals surface area contributed by atoms with E-state index in [4.69, 9.17) is 10.8 Å². The van der Waals surface area contributed by atoms with Gasteiger partial charge in [-0.05, 0) is 17.7 Å². The van der Waals surface area contributed by atoms with E-state index in [0.29, 0.717) is 5.56 Å². The molecule has 0 aromatic heterocycles. The smallest absolute Gasteiger partial charge is 0.123 e. The van der Waals surface area contributed by atoms with Gasteiger partial charge in [0, 0.05) is 6.54 Å².